The molecule has 4 nitrogen and oxygen atoms in total. The molecule has 21 heavy (non-hydrogen) atoms. The third kappa shape index (κ3) is 3.16. The van der Waals surface area contributed by atoms with Gasteiger partial charge in [0.25, 0.3) is 0 Å². The van der Waals surface area contributed by atoms with Crippen molar-refractivity contribution in [1.82, 2.24) is 10.2 Å². The van der Waals surface area contributed by atoms with Gasteiger partial charge in [-0.2, -0.15) is 0 Å². The molecule has 1 N–H and O–H groups in total. The SMILES string of the molecule is CC1(C)NC(=O)C(C(C)(C)C)N(Cc2sccc2Br)C1=O. The molecular formula is C15H21BrN2O2S. The van der Waals surface area contributed by atoms with Crippen LogP contribution in [0.4, 0.5) is 0 Å². The van der Waals surface area contributed by atoms with Gasteiger partial charge < -0.3 is 10.2 Å². The van der Waals surface area contributed by atoms with Crippen LogP contribution in [-0.4, -0.2) is 28.3 Å². The third-order valence-corrected chi connectivity index (χ3v) is 5.53. The lowest BCUT2D eigenvalue weighted by Gasteiger charge is -2.47. The van der Waals surface area contributed by atoms with Crippen LogP contribution in [0.25, 0.3) is 0 Å². The summed E-state index contributed by atoms with van der Waals surface area (Å²) < 4.78 is 0.983. The molecule has 0 aliphatic carbocycles. The van der Waals surface area contributed by atoms with Gasteiger partial charge >= 0.3 is 0 Å². The van der Waals surface area contributed by atoms with Crippen LogP contribution in [0.3, 0.4) is 0 Å². The predicted octanol–water partition coefficient (Wildman–Crippen LogP) is 3.16. The summed E-state index contributed by atoms with van der Waals surface area (Å²) in [5, 5.41) is 4.83. The summed E-state index contributed by atoms with van der Waals surface area (Å²) in [6.45, 7) is 9.92. The minimum absolute atomic E-state index is 0.0395. The third-order valence-electron chi connectivity index (χ3n) is 3.62. The summed E-state index contributed by atoms with van der Waals surface area (Å²) in [6.07, 6.45) is 0. The number of piperazine rings is 1. The van der Waals surface area contributed by atoms with Gasteiger partial charge in [-0.25, -0.2) is 0 Å². The van der Waals surface area contributed by atoms with Crippen molar-refractivity contribution in [3.05, 3.63) is 20.8 Å². The van der Waals surface area contributed by atoms with E-state index in [2.05, 4.69) is 21.2 Å². The summed E-state index contributed by atoms with van der Waals surface area (Å²) in [7, 11) is 0. The summed E-state index contributed by atoms with van der Waals surface area (Å²) >= 11 is 5.09. The first-order valence-electron chi connectivity index (χ1n) is 6.89. The summed E-state index contributed by atoms with van der Waals surface area (Å²) in [6, 6.07) is 1.50. The van der Waals surface area contributed by atoms with Gasteiger partial charge in [0.1, 0.15) is 11.6 Å². The molecule has 6 heteroatoms. The topological polar surface area (TPSA) is 49.4 Å². The second-order valence-corrected chi connectivity index (χ2v) is 8.86. The molecular weight excluding hydrogens is 352 g/mol. The van der Waals surface area contributed by atoms with Crippen molar-refractivity contribution in [2.45, 2.75) is 52.7 Å². The zero-order valence-corrected chi connectivity index (χ0v) is 15.4. The van der Waals surface area contributed by atoms with E-state index in [-0.39, 0.29) is 17.2 Å². The Bertz CT molecular complexity index is 574. The molecule has 1 aromatic rings. The van der Waals surface area contributed by atoms with E-state index >= 15 is 0 Å². The zero-order chi connectivity index (χ0) is 16.0. The number of hydrogen-bond acceptors (Lipinski definition) is 3. The summed E-state index contributed by atoms with van der Waals surface area (Å²) in [5.41, 5.74) is -1.18. The number of amides is 2. The van der Waals surface area contributed by atoms with Gasteiger partial charge in [0.2, 0.25) is 11.8 Å². The van der Waals surface area contributed by atoms with Crippen molar-refractivity contribution in [3.8, 4) is 0 Å². The van der Waals surface area contributed by atoms with E-state index in [4.69, 9.17) is 0 Å². The van der Waals surface area contributed by atoms with Crippen molar-refractivity contribution in [3.63, 3.8) is 0 Å². The second-order valence-electron chi connectivity index (χ2n) is 7.01. The molecule has 1 atom stereocenters. The van der Waals surface area contributed by atoms with Gasteiger partial charge in [-0.15, -0.1) is 11.3 Å². The molecule has 116 valence electrons. The smallest absolute Gasteiger partial charge is 0.248 e. The average Bonchev–Trinajstić information content (AvgIpc) is 2.69. The fraction of sp³-hybridized carbons (Fsp3) is 0.600. The molecule has 2 rings (SSSR count). The van der Waals surface area contributed by atoms with Crippen LogP contribution in [0.1, 0.15) is 39.5 Å². The maximum atomic E-state index is 12.8. The number of carbonyl (C=O) groups excluding carboxylic acids is 2. The number of nitrogens with zero attached hydrogens (tertiary/aromatic N) is 1. The number of hydrogen-bond donors (Lipinski definition) is 1. The van der Waals surface area contributed by atoms with Gasteiger partial charge in [-0.1, -0.05) is 20.8 Å². The van der Waals surface area contributed by atoms with Crippen LogP contribution in [-0.2, 0) is 16.1 Å². The summed E-state index contributed by atoms with van der Waals surface area (Å²) in [5.74, 6) is -0.123. The van der Waals surface area contributed by atoms with Crippen LogP contribution in [0, 0.1) is 5.41 Å². The molecule has 2 heterocycles. The van der Waals surface area contributed by atoms with E-state index < -0.39 is 11.6 Å². The van der Waals surface area contributed by atoms with Gasteiger partial charge in [-0.3, -0.25) is 9.59 Å². The molecule has 0 bridgehead atoms. The van der Waals surface area contributed by atoms with Gasteiger partial charge in [0, 0.05) is 9.35 Å². The molecule has 0 aromatic carbocycles. The standard InChI is InChI=1S/C15H21BrN2O2S/c1-14(2,3)11-12(19)17-15(4,5)13(20)18(11)8-10-9(16)6-7-21-10/h6-7,11H,8H2,1-5H3,(H,17,19). The maximum Gasteiger partial charge on any atom is 0.248 e. The first-order valence-corrected chi connectivity index (χ1v) is 8.56. The quantitative estimate of drug-likeness (QED) is 0.866. The average molecular weight is 373 g/mol. The van der Waals surface area contributed by atoms with Crippen LogP contribution in [0.15, 0.2) is 15.9 Å². The first kappa shape index (κ1) is 16.5. The lowest BCUT2D eigenvalue weighted by molar-refractivity contribution is -0.158. The van der Waals surface area contributed by atoms with Crippen molar-refractivity contribution >= 4 is 39.1 Å². The highest BCUT2D eigenvalue weighted by Crippen LogP contribution is 2.33. The molecule has 0 spiro atoms. The Morgan fingerprint density at radius 1 is 1.38 bits per heavy atom. The molecule has 1 aromatic heterocycles. The second kappa shape index (κ2) is 5.39. The molecule has 2 amide bonds. The normalized spacial score (nSPS) is 22.4. The van der Waals surface area contributed by atoms with Crippen molar-refractivity contribution < 1.29 is 9.59 Å². The lowest BCUT2D eigenvalue weighted by atomic mass is 9.81. The Labute approximate surface area is 138 Å². The summed E-state index contributed by atoms with van der Waals surface area (Å²) in [4.78, 5) is 28.1. The zero-order valence-electron chi connectivity index (χ0n) is 13.0. The Balaban J connectivity index is 2.41. The molecule has 1 aliphatic heterocycles. The fourth-order valence-corrected chi connectivity index (χ4v) is 4.14. The minimum atomic E-state index is -0.859. The van der Waals surface area contributed by atoms with Crippen LogP contribution in [0.5, 0.6) is 0 Å². The molecule has 1 saturated heterocycles. The first-order chi connectivity index (χ1) is 9.54. The number of nitrogens with one attached hydrogen (secondary N) is 1. The number of rotatable bonds is 2. The predicted molar refractivity (Wildman–Crippen MR) is 88.0 cm³/mol. The van der Waals surface area contributed by atoms with Crippen LogP contribution < -0.4 is 5.32 Å². The molecule has 1 aliphatic rings. The van der Waals surface area contributed by atoms with Crippen molar-refractivity contribution in [2.75, 3.05) is 0 Å². The van der Waals surface area contributed by atoms with E-state index in [0.29, 0.717) is 6.54 Å². The van der Waals surface area contributed by atoms with Crippen molar-refractivity contribution in [2.24, 2.45) is 5.41 Å². The number of carbonyl (C=O) groups is 2. The highest BCUT2D eigenvalue weighted by Gasteiger charge is 2.49. The molecule has 0 radical (unpaired) electrons. The largest absolute Gasteiger partial charge is 0.340 e. The highest BCUT2D eigenvalue weighted by atomic mass is 79.9. The minimum Gasteiger partial charge on any atom is -0.340 e. The Kier molecular flexibility index (Phi) is 4.23. The van der Waals surface area contributed by atoms with E-state index in [9.17, 15) is 9.59 Å². The maximum absolute atomic E-state index is 12.8. The lowest BCUT2D eigenvalue weighted by Crippen LogP contribution is -2.70. The molecule has 1 unspecified atom stereocenters. The Morgan fingerprint density at radius 3 is 2.48 bits per heavy atom. The van der Waals surface area contributed by atoms with Crippen LogP contribution >= 0.6 is 27.3 Å². The van der Waals surface area contributed by atoms with E-state index in [1.165, 1.54) is 0 Å². The fourth-order valence-electron chi connectivity index (χ4n) is 2.66. The molecule has 0 saturated carbocycles. The Hall–Kier alpha value is -0.880. The van der Waals surface area contributed by atoms with E-state index in [0.717, 1.165) is 9.35 Å². The monoisotopic (exact) mass is 372 g/mol. The van der Waals surface area contributed by atoms with Gasteiger partial charge in [0.15, 0.2) is 0 Å². The highest BCUT2D eigenvalue weighted by molar-refractivity contribution is 9.10. The van der Waals surface area contributed by atoms with Gasteiger partial charge in [0.05, 0.1) is 6.54 Å². The van der Waals surface area contributed by atoms with Crippen LogP contribution in [0.2, 0.25) is 0 Å². The van der Waals surface area contributed by atoms with Gasteiger partial charge in [-0.05, 0) is 46.6 Å². The van der Waals surface area contributed by atoms with E-state index in [1.54, 1.807) is 30.1 Å². The number of thiophene rings is 1. The Morgan fingerprint density at radius 2 is 2.00 bits per heavy atom. The van der Waals surface area contributed by atoms with Crippen molar-refractivity contribution in [1.29, 1.82) is 0 Å². The number of halogens is 1. The molecule has 1 fully saturated rings. The van der Waals surface area contributed by atoms with E-state index in [1.807, 2.05) is 32.2 Å².